The molecule has 1 aliphatic carbocycles. The zero-order valence-corrected chi connectivity index (χ0v) is 14.7. The highest BCUT2D eigenvalue weighted by Gasteiger charge is 2.27. The van der Waals surface area contributed by atoms with E-state index in [0.717, 1.165) is 18.5 Å². The van der Waals surface area contributed by atoms with Crippen LogP contribution in [-0.4, -0.2) is 21.8 Å². The van der Waals surface area contributed by atoms with Gasteiger partial charge in [0.15, 0.2) is 6.23 Å². The molecule has 0 saturated heterocycles. The summed E-state index contributed by atoms with van der Waals surface area (Å²) in [5.41, 5.74) is 4.78. The zero-order chi connectivity index (χ0) is 17.3. The molecule has 1 saturated carbocycles. The van der Waals surface area contributed by atoms with Crippen molar-refractivity contribution in [1.29, 1.82) is 0 Å². The summed E-state index contributed by atoms with van der Waals surface area (Å²) in [6.45, 7) is 8.20. The lowest BCUT2D eigenvalue weighted by molar-refractivity contribution is 0.0000197. The van der Waals surface area contributed by atoms with Crippen molar-refractivity contribution in [2.45, 2.75) is 58.8 Å². The number of ether oxygens (including phenoxy) is 2. The number of nitrogens with zero attached hydrogens (tertiary/aromatic N) is 2. The van der Waals surface area contributed by atoms with Crippen molar-refractivity contribution < 1.29 is 14.3 Å². The van der Waals surface area contributed by atoms with Gasteiger partial charge in [0.1, 0.15) is 6.10 Å². The van der Waals surface area contributed by atoms with Crippen molar-refractivity contribution in [3.05, 3.63) is 53.1 Å². The van der Waals surface area contributed by atoms with E-state index in [0.29, 0.717) is 0 Å². The summed E-state index contributed by atoms with van der Waals surface area (Å²) < 4.78 is 12.2. The molecule has 1 aromatic carbocycles. The molecule has 2 aromatic rings. The van der Waals surface area contributed by atoms with Crippen LogP contribution in [0.25, 0.3) is 0 Å². The molecule has 1 fully saturated rings. The maximum Gasteiger partial charge on any atom is 0.510 e. The van der Waals surface area contributed by atoms with Crippen LogP contribution < -0.4 is 0 Å². The highest BCUT2D eigenvalue weighted by Crippen LogP contribution is 2.28. The van der Waals surface area contributed by atoms with Crippen LogP contribution in [0.4, 0.5) is 4.79 Å². The maximum atomic E-state index is 11.6. The first-order chi connectivity index (χ1) is 11.5. The van der Waals surface area contributed by atoms with E-state index in [-0.39, 0.29) is 12.0 Å². The summed E-state index contributed by atoms with van der Waals surface area (Å²) in [6, 6.07) is 6.33. The number of aromatic nitrogens is 2. The molecule has 0 bridgehead atoms. The van der Waals surface area contributed by atoms with Crippen molar-refractivity contribution >= 4 is 6.16 Å². The van der Waals surface area contributed by atoms with E-state index in [1.807, 2.05) is 13.1 Å². The highest BCUT2D eigenvalue weighted by atomic mass is 16.7. The van der Waals surface area contributed by atoms with Gasteiger partial charge < -0.3 is 14.0 Å². The minimum Gasteiger partial charge on any atom is -0.431 e. The van der Waals surface area contributed by atoms with Gasteiger partial charge in [-0.2, -0.15) is 0 Å². The maximum absolute atomic E-state index is 11.6. The molecular formula is C19H24N2O3. The molecule has 0 radical (unpaired) electrons. The predicted octanol–water partition coefficient (Wildman–Crippen LogP) is 4.49. The Kier molecular flexibility index (Phi) is 4.60. The standard InChI is InChI=1S/C19H24N2O3/c1-12-6-5-7-17(13(12)2)14(3)18-10-21(11-20-18)15(4)23-19(22)24-16-8-9-16/h5-7,10-11,14-16H,8-9H2,1-4H3/t14-,15?/m0/s1. The highest BCUT2D eigenvalue weighted by molar-refractivity contribution is 5.60. The second-order valence-electron chi connectivity index (χ2n) is 6.54. The third-order valence-corrected chi connectivity index (χ3v) is 4.65. The van der Waals surface area contributed by atoms with Crippen molar-refractivity contribution in [3.8, 4) is 0 Å². The molecule has 2 atom stereocenters. The van der Waals surface area contributed by atoms with Crippen LogP contribution in [0.5, 0.6) is 0 Å². The van der Waals surface area contributed by atoms with Crippen LogP contribution in [0, 0.1) is 13.8 Å². The molecule has 5 nitrogen and oxygen atoms in total. The first-order valence-electron chi connectivity index (χ1n) is 8.42. The molecule has 0 N–H and O–H groups in total. The van der Waals surface area contributed by atoms with E-state index in [2.05, 4.69) is 44.0 Å². The normalized spacial score (nSPS) is 16.5. The molecule has 5 heteroatoms. The fourth-order valence-corrected chi connectivity index (χ4v) is 2.73. The average Bonchev–Trinajstić information content (AvgIpc) is 3.21. The summed E-state index contributed by atoms with van der Waals surface area (Å²) in [5.74, 6) is 0.178. The monoisotopic (exact) mass is 328 g/mol. The van der Waals surface area contributed by atoms with E-state index < -0.39 is 12.4 Å². The Labute approximate surface area is 142 Å². The van der Waals surface area contributed by atoms with Crippen molar-refractivity contribution in [3.63, 3.8) is 0 Å². The number of carbonyl (C=O) groups excluding carboxylic acids is 1. The Balaban J connectivity index is 1.69. The van der Waals surface area contributed by atoms with Crippen molar-refractivity contribution in [1.82, 2.24) is 9.55 Å². The van der Waals surface area contributed by atoms with E-state index in [1.54, 1.807) is 10.9 Å². The topological polar surface area (TPSA) is 53.4 Å². The number of aryl methyl sites for hydroxylation is 1. The van der Waals surface area contributed by atoms with E-state index in [9.17, 15) is 4.79 Å². The smallest absolute Gasteiger partial charge is 0.431 e. The molecule has 1 heterocycles. The van der Waals surface area contributed by atoms with Crippen LogP contribution in [-0.2, 0) is 9.47 Å². The van der Waals surface area contributed by atoms with Gasteiger partial charge in [-0.3, -0.25) is 0 Å². The van der Waals surface area contributed by atoms with E-state index >= 15 is 0 Å². The van der Waals surface area contributed by atoms with E-state index in [4.69, 9.17) is 9.47 Å². The van der Waals surface area contributed by atoms with Crippen LogP contribution >= 0.6 is 0 Å². The zero-order valence-electron chi connectivity index (χ0n) is 14.7. The predicted molar refractivity (Wildman–Crippen MR) is 91.0 cm³/mol. The SMILES string of the molecule is Cc1cccc([C@H](C)c2cn(C(C)OC(=O)OC3CC3)cn2)c1C. The van der Waals surface area contributed by atoms with Gasteiger partial charge in [-0.05, 0) is 50.3 Å². The quantitative estimate of drug-likeness (QED) is 0.759. The Morgan fingerprint density at radius 2 is 2.04 bits per heavy atom. The molecule has 1 aliphatic rings. The second kappa shape index (κ2) is 6.67. The summed E-state index contributed by atoms with van der Waals surface area (Å²) in [5, 5.41) is 0. The third kappa shape index (κ3) is 3.61. The summed E-state index contributed by atoms with van der Waals surface area (Å²) in [4.78, 5) is 16.1. The van der Waals surface area contributed by atoms with Gasteiger partial charge in [-0.25, -0.2) is 9.78 Å². The van der Waals surface area contributed by atoms with Gasteiger partial charge in [-0.1, -0.05) is 25.1 Å². The van der Waals surface area contributed by atoms with Gasteiger partial charge in [0.2, 0.25) is 0 Å². The molecule has 3 rings (SSSR count). The van der Waals surface area contributed by atoms with Crippen LogP contribution in [0.2, 0.25) is 0 Å². The van der Waals surface area contributed by atoms with Gasteiger partial charge >= 0.3 is 6.16 Å². The molecule has 0 amide bonds. The van der Waals surface area contributed by atoms with Gasteiger partial charge in [0.25, 0.3) is 0 Å². The number of hydrogen-bond donors (Lipinski definition) is 0. The minimum atomic E-state index is -0.608. The van der Waals surface area contributed by atoms with Crippen LogP contribution in [0.3, 0.4) is 0 Å². The van der Waals surface area contributed by atoms with Crippen LogP contribution in [0.1, 0.15) is 61.2 Å². The fourth-order valence-electron chi connectivity index (χ4n) is 2.73. The fraction of sp³-hybridized carbons (Fsp3) is 0.474. The molecule has 128 valence electrons. The van der Waals surface area contributed by atoms with Crippen LogP contribution in [0.15, 0.2) is 30.7 Å². The Morgan fingerprint density at radius 3 is 2.75 bits per heavy atom. The third-order valence-electron chi connectivity index (χ3n) is 4.65. The number of hydrogen-bond acceptors (Lipinski definition) is 4. The minimum absolute atomic E-state index is 0.0485. The molecule has 24 heavy (non-hydrogen) atoms. The summed E-state index contributed by atoms with van der Waals surface area (Å²) in [6.07, 6.45) is 4.50. The number of carbonyl (C=O) groups is 1. The first-order valence-corrected chi connectivity index (χ1v) is 8.42. The molecule has 1 aromatic heterocycles. The lowest BCUT2D eigenvalue weighted by Gasteiger charge is -2.15. The summed E-state index contributed by atoms with van der Waals surface area (Å²) in [7, 11) is 0. The Hall–Kier alpha value is -2.30. The Morgan fingerprint density at radius 1 is 1.29 bits per heavy atom. The summed E-state index contributed by atoms with van der Waals surface area (Å²) >= 11 is 0. The van der Waals surface area contributed by atoms with Crippen molar-refractivity contribution in [2.24, 2.45) is 0 Å². The largest absolute Gasteiger partial charge is 0.510 e. The number of imidazole rings is 1. The molecular weight excluding hydrogens is 304 g/mol. The second-order valence-corrected chi connectivity index (χ2v) is 6.54. The average molecular weight is 328 g/mol. The Bertz CT molecular complexity index is 734. The molecule has 1 unspecified atom stereocenters. The lowest BCUT2D eigenvalue weighted by atomic mass is 9.92. The van der Waals surface area contributed by atoms with E-state index in [1.165, 1.54) is 16.7 Å². The molecule has 0 aliphatic heterocycles. The number of rotatable bonds is 5. The van der Waals surface area contributed by atoms with Gasteiger partial charge in [0, 0.05) is 12.1 Å². The van der Waals surface area contributed by atoms with Gasteiger partial charge in [0.05, 0.1) is 12.0 Å². The lowest BCUT2D eigenvalue weighted by Crippen LogP contribution is -2.15. The molecule has 0 spiro atoms. The van der Waals surface area contributed by atoms with Gasteiger partial charge in [-0.15, -0.1) is 0 Å². The first kappa shape index (κ1) is 16.6. The van der Waals surface area contributed by atoms with Crippen molar-refractivity contribution in [2.75, 3.05) is 0 Å². The number of benzene rings is 1.